The second kappa shape index (κ2) is 4.29. The Hall–Kier alpha value is -1.10. The van der Waals surface area contributed by atoms with Crippen LogP contribution in [-0.4, -0.2) is 22.6 Å². The molecule has 2 fully saturated rings. The minimum atomic E-state index is -0.949. The van der Waals surface area contributed by atoms with E-state index in [-0.39, 0.29) is 5.69 Å². The van der Waals surface area contributed by atoms with Gasteiger partial charge in [-0.3, -0.25) is 0 Å². The number of carboxylic acid groups (broad SMARTS) is 1. The summed E-state index contributed by atoms with van der Waals surface area (Å²) in [6.07, 6.45) is 5.50. The third-order valence-corrected chi connectivity index (χ3v) is 4.47. The maximum Gasteiger partial charge on any atom is 0.355 e. The Bertz CT molecular complexity index is 412. The van der Waals surface area contributed by atoms with Crippen molar-refractivity contribution in [3.05, 3.63) is 11.1 Å². The van der Waals surface area contributed by atoms with Gasteiger partial charge in [-0.2, -0.15) is 0 Å². The molecule has 2 aliphatic carbocycles. The molecular weight excluding hydrogens is 236 g/mol. The molecule has 0 spiro atoms. The zero-order chi connectivity index (χ0) is 11.8. The summed E-state index contributed by atoms with van der Waals surface area (Å²) in [5.74, 6) is 1.66. The first-order chi connectivity index (χ1) is 8.24. The summed E-state index contributed by atoms with van der Waals surface area (Å²) >= 11 is 1.38. The summed E-state index contributed by atoms with van der Waals surface area (Å²) in [4.78, 5) is 14.8. The molecule has 17 heavy (non-hydrogen) atoms. The van der Waals surface area contributed by atoms with Crippen LogP contribution in [0.5, 0.6) is 0 Å². The number of carbonyl (C=O) groups is 1. The lowest BCUT2D eigenvalue weighted by molar-refractivity contribution is 0.0691. The van der Waals surface area contributed by atoms with Crippen LogP contribution >= 0.6 is 11.3 Å². The van der Waals surface area contributed by atoms with E-state index in [2.05, 4.69) is 10.3 Å². The highest BCUT2D eigenvalue weighted by Crippen LogP contribution is 2.49. The summed E-state index contributed by atoms with van der Waals surface area (Å²) < 4.78 is 0. The van der Waals surface area contributed by atoms with Crippen LogP contribution in [0.2, 0.25) is 0 Å². The first-order valence-corrected chi connectivity index (χ1v) is 7.04. The van der Waals surface area contributed by atoms with Crippen LogP contribution in [0.4, 0.5) is 5.13 Å². The molecule has 0 aromatic carbocycles. The number of carboxylic acids is 1. The summed E-state index contributed by atoms with van der Waals surface area (Å²) in [7, 11) is 0. The number of thiazole rings is 1. The number of anilines is 1. The Morgan fingerprint density at radius 3 is 2.59 bits per heavy atom. The van der Waals surface area contributed by atoms with Gasteiger partial charge in [0.15, 0.2) is 10.8 Å². The SMILES string of the molecule is O=C(O)c1csc(NCC(C2CC2)C2CC2)n1. The van der Waals surface area contributed by atoms with Crippen LogP contribution in [0.25, 0.3) is 0 Å². The van der Waals surface area contributed by atoms with E-state index >= 15 is 0 Å². The van der Waals surface area contributed by atoms with E-state index in [1.165, 1.54) is 37.0 Å². The van der Waals surface area contributed by atoms with Gasteiger partial charge in [-0.1, -0.05) is 0 Å². The fraction of sp³-hybridized carbons (Fsp3) is 0.667. The maximum absolute atomic E-state index is 10.7. The van der Waals surface area contributed by atoms with Crippen molar-refractivity contribution in [2.75, 3.05) is 11.9 Å². The van der Waals surface area contributed by atoms with Gasteiger partial charge in [0.05, 0.1) is 0 Å². The van der Waals surface area contributed by atoms with Crippen molar-refractivity contribution in [3.8, 4) is 0 Å². The van der Waals surface area contributed by atoms with E-state index in [1.807, 2.05) is 0 Å². The number of aromatic nitrogens is 1. The Kier molecular flexibility index (Phi) is 2.78. The van der Waals surface area contributed by atoms with Crippen molar-refractivity contribution in [2.24, 2.45) is 17.8 Å². The summed E-state index contributed by atoms with van der Waals surface area (Å²) in [5.41, 5.74) is 0.145. The minimum absolute atomic E-state index is 0.145. The van der Waals surface area contributed by atoms with Crippen molar-refractivity contribution in [1.29, 1.82) is 0 Å². The van der Waals surface area contributed by atoms with Gasteiger partial charge in [-0.25, -0.2) is 9.78 Å². The molecule has 0 unspecified atom stereocenters. The van der Waals surface area contributed by atoms with E-state index in [0.717, 1.165) is 29.4 Å². The van der Waals surface area contributed by atoms with Crippen LogP contribution < -0.4 is 5.32 Å². The van der Waals surface area contributed by atoms with Gasteiger partial charge in [0.25, 0.3) is 0 Å². The van der Waals surface area contributed by atoms with E-state index in [9.17, 15) is 4.79 Å². The fourth-order valence-electron chi connectivity index (χ4n) is 2.43. The number of rotatable bonds is 6. The van der Waals surface area contributed by atoms with E-state index in [1.54, 1.807) is 5.38 Å². The van der Waals surface area contributed by atoms with Crippen molar-refractivity contribution in [1.82, 2.24) is 4.98 Å². The molecule has 0 amide bonds. The van der Waals surface area contributed by atoms with Gasteiger partial charge in [0.1, 0.15) is 0 Å². The first-order valence-electron chi connectivity index (χ1n) is 6.16. The Labute approximate surface area is 104 Å². The second-order valence-electron chi connectivity index (χ2n) is 5.06. The summed E-state index contributed by atoms with van der Waals surface area (Å²) in [6.45, 7) is 0.960. The molecule has 2 aliphatic rings. The minimum Gasteiger partial charge on any atom is -0.476 e. The van der Waals surface area contributed by atoms with Gasteiger partial charge in [0, 0.05) is 11.9 Å². The van der Waals surface area contributed by atoms with Gasteiger partial charge in [-0.15, -0.1) is 11.3 Å². The van der Waals surface area contributed by atoms with Crippen LogP contribution in [0.15, 0.2) is 5.38 Å². The van der Waals surface area contributed by atoms with Gasteiger partial charge in [-0.05, 0) is 43.4 Å². The predicted molar refractivity (Wildman–Crippen MR) is 66.5 cm³/mol. The molecule has 0 aliphatic heterocycles. The largest absolute Gasteiger partial charge is 0.476 e. The molecule has 0 atom stereocenters. The topological polar surface area (TPSA) is 62.2 Å². The highest BCUT2D eigenvalue weighted by Gasteiger charge is 2.41. The third-order valence-electron chi connectivity index (χ3n) is 3.67. The molecule has 92 valence electrons. The lowest BCUT2D eigenvalue weighted by atomic mass is 9.98. The molecular formula is C12H16N2O2S. The van der Waals surface area contributed by atoms with Crippen LogP contribution in [0.1, 0.15) is 36.2 Å². The average Bonchev–Trinajstić information content (AvgIpc) is 3.20. The average molecular weight is 252 g/mol. The molecule has 0 radical (unpaired) electrons. The summed E-state index contributed by atoms with van der Waals surface area (Å²) in [6, 6.07) is 0. The predicted octanol–water partition coefficient (Wildman–Crippen LogP) is 2.69. The highest BCUT2D eigenvalue weighted by atomic mass is 32.1. The van der Waals surface area contributed by atoms with Crippen molar-refractivity contribution in [2.45, 2.75) is 25.7 Å². The fourth-order valence-corrected chi connectivity index (χ4v) is 3.12. The smallest absolute Gasteiger partial charge is 0.355 e. The molecule has 0 saturated heterocycles. The normalized spacial score (nSPS) is 19.6. The molecule has 1 aromatic rings. The second-order valence-corrected chi connectivity index (χ2v) is 5.92. The highest BCUT2D eigenvalue weighted by molar-refractivity contribution is 7.13. The molecule has 4 nitrogen and oxygen atoms in total. The molecule has 2 N–H and O–H groups in total. The Morgan fingerprint density at radius 1 is 1.47 bits per heavy atom. The van der Waals surface area contributed by atoms with Crippen molar-refractivity contribution >= 4 is 22.4 Å². The van der Waals surface area contributed by atoms with E-state index in [0.29, 0.717) is 0 Å². The van der Waals surface area contributed by atoms with Gasteiger partial charge < -0.3 is 10.4 Å². The molecule has 2 saturated carbocycles. The van der Waals surface area contributed by atoms with E-state index < -0.39 is 5.97 Å². The van der Waals surface area contributed by atoms with Crippen LogP contribution in [0, 0.1) is 17.8 Å². The summed E-state index contributed by atoms with van der Waals surface area (Å²) in [5, 5.41) is 14.4. The molecule has 1 aromatic heterocycles. The Balaban J connectivity index is 1.56. The molecule has 3 rings (SSSR count). The lowest BCUT2D eigenvalue weighted by Gasteiger charge is -2.15. The molecule has 1 heterocycles. The van der Waals surface area contributed by atoms with Crippen molar-refractivity contribution in [3.63, 3.8) is 0 Å². The third kappa shape index (κ3) is 2.60. The lowest BCUT2D eigenvalue weighted by Crippen LogP contribution is -2.18. The van der Waals surface area contributed by atoms with E-state index in [4.69, 9.17) is 5.11 Å². The zero-order valence-corrected chi connectivity index (χ0v) is 10.4. The van der Waals surface area contributed by atoms with Gasteiger partial charge in [0.2, 0.25) is 0 Å². The molecule has 0 bridgehead atoms. The number of hydrogen-bond donors (Lipinski definition) is 2. The van der Waals surface area contributed by atoms with Crippen LogP contribution in [-0.2, 0) is 0 Å². The maximum atomic E-state index is 10.7. The first kappa shape index (κ1) is 11.0. The van der Waals surface area contributed by atoms with Gasteiger partial charge >= 0.3 is 5.97 Å². The standard InChI is InChI=1S/C12H16N2O2S/c15-11(16)10-6-17-12(14-10)13-5-9(7-1-2-7)8-3-4-8/h6-9H,1-5H2,(H,13,14)(H,15,16). The number of hydrogen-bond acceptors (Lipinski definition) is 4. The Morgan fingerprint density at radius 2 is 2.12 bits per heavy atom. The number of nitrogens with zero attached hydrogens (tertiary/aromatic N) is 1. The van der Waals surface area contributed by atoms with Crippen molar-refractivity contribution < 1.29 is 9.90 Å². The molecule has 5 heteroatoms. The number of aromatic carboxylic acids is 1. The quantitative estimate of drug-likeness (QED) is 0.817. The number of nitrogens with one attached hydrogen (secondary N) is 1. The zero-order valence-electron chi connectivity index (χ0n) is 9.56. The van der Waals surface area contributed by atoms with Crippen LogP contribution in [0.3, 0.4) is 0 Å². The monoisotopic (exact) mass is 252 g/mol.